The van der Waals surface area contributed by atoms with Gasteiger partial charge in [0.05, 0.1) is 0 Å². The lowest BCUT2D eigenvalue weighted by atomic mass is 9.95. The van der Waals surface area contributed by atoms with Crippen LogP contribution in [-0.4, -0.2) is 18.0 Å². The summed E-state index contributed by atoms with van der Waals surface area (Å²) in [4.78, 5) is 11.5. The predicted molar refractivity (Wildman–Crippen MR) is 81.0 cm³/mol. The third-order valence-electron chi connectivity index (χ3n) is 2.41. The van der Waals surface area contributed by atoms with E-state index in [-0.39, 0.29) is 23.9 Å². The Morgan fingerprint density at radius 2 is 1.89 bits per heavy atom. The van der Waals surface area contributed by atoms with Crippen molar-refractivity contribution in [3.05, 3.63) is 34.3 Å². The topological polar surface area (TPSA) is 55.1 Å². The molecule has 0 unspecified atom stereocenters. The van der Waals surface area contributed by atoms with Crippen LogP contribution in [0.4, 0.5) is 0 Å². The summed E-state index contributed by atoms with van der Waals surface area (Å²) in [6.45, 7) is 4.42. The number of benzene rings is 1. The molecule has 1 amide bonds. The van der Waals surface area contributed by atoms with Crippen LogP contribution in [0.3, 0.4) is 0 Å². The molecular weight excluding hydrogens is 316 g/mol. The van der Waals surface area contributed by atoms with E-state index >= 15 is 0 Å². The summed E-state index contributed by atoms with van der Waals surface area (Å²) in [6.07, 6.45) is 1.18. The van der Waals surface area contributed by atoms with Gasteiger partial charge in [-0.1, -0.05) is 28.1 Å². The fraction of sp³-hybridized carbons (Fsp3) is 0.462. The van der Waals surface area contributed by atoms with Crippen molar-refractivity contribution in [3.8, 4) is 0 Å². The third-order valence-corrected chi connectivity index (χ3v) is 2.94. The Balaban J connectivity index is 0.00000289. The van der Waals surface area contributed by atoms with E-state index in [1.807, 2.05) is 26.0 Å². The fourth-order valence-corrected chi connectivity index (χ4v) is 1.99. The average molecular weight is 336 g/mol. The summed E-state index contributed by atoms with van der Waals surface area (Å²) in [7, 11) is 0. The summed E-state index contributed by atoms with van der Waals surface area (Å²) in [5.74, 6) is 0.00890. The number of nitrogens with one attached hydrogen (secondary N) is 1. The molecule has 0 saturated heterocycles. The summed E-state index contributed by atoms with van der Waals surface area (Å²) < 4.78 is 1.06. The van der Waals surface area contributed by atoms with Crippen molar-refractivity contribution in [2.24, 2.45) is 5.73 Å². The van der Waals surface area contributed by atoms with Crippen LogP contribution in [0.5, 0.6) is 0 Å². The maximum Gasteiger partial charge on any atom is 0.221 e. The normalized spacial score (nSPS) is 10.7. The molecule has 1 aromatic carbocycles. The minimum Gasteiger partial charge on any atom is -0.351 e. The molecule has 0 atom stereocenters. The second kappa shape index (κ2) is 7.77. The van der Waals surface area contributed by atoms with Gasteiger partial charge in [-0.15, -0.1) is 12.4 Å². The largest absolute Gasteiger partial charge is 0.351 e. The van der Waals surface area contributed by atoms with Crippen molar-refractivity contribution in [3.63, 3.8) is 0 Å². The SMILES string of the molecule is CC(C)(Cc1ccc(Br)cc1)NC(=O)CCN.Cl. The highest BCUT2D eigenvalue weighted by Gasteiger charge is 2.20. The van der Waals surface area contributed by atoms with Gasteiger partial charge in [-0.05, 0) is 38.0 Å². The minimum atomic E-state index is -0.250. The maximum absolute atomic E-state index is 11.5. The van der Waals surface area contributed by atoms with Gasteiger partial charge in [0.2, 0.25) is 5.91 Å². The van der Waals surface area contributed by atoms with Crippen LogP contribution in [0, 0.1) is 0 Å². The number of amides is 1. The lowest BCUT2D eigenvalue weighted by molar-refractivity contribution is -0.122. The van der Waals surface area contributed by atoms with Crippen molar-refractivity contribution in [2.75, 3.05) is 6.54 Å². The van der Waals surface area contributed by atoms with Gasteiger partial charge in [-0.2, -0.15) is 0 Å². The van der Waals surface area contributed by atoms with Crippen LogP contribution >= 0.6 is 28.3 Å². The van der Waals surface area contributed by atoms with Crippen LogP contribution in [0.1, 0.15) is 25.8 Å². The molecule has 18 heavy (non-hydrogen) atoms. The standard InChI is InChI=1S/C13H19BrN2O.ClH/c1-13(2,16-12(17)7-8-15)9-10-3-5-11(14)6-4-10;/h3-6H,7-9,15H2,1-2H3,(H,16,17);1H. The second-order valence-electron chi connectivity index (χ2n) is 4.77. The van der Waals surface area contributed by atoms with E-state index in [0.717, 1.165) is 10.9 Å². The van der Waals surface area contributed by atoms with Crippen molar-refractivity contribution in [1.29, 1.82) is 0 Å². The minimum absolute atomic E-state index is 0. The Bertz CT molecular complexity index is 379. The molecule has 0 fully saturated rings. The van der Waals surface area contributed by atoms with Crippen LogP contribution in [-0.2, 0) is 11.2 Å². The summed E-state index contributed by atoms with van der Waals surface area (Å²) in [6, 6.07) is 8.13. The fourth-order valence-electron chi connectivity index (χ4n) is 1.73. The molecule has 0 aliphatic heterocycles. The Morgan fingerprint density at radius 3 is 2.39 bits per heavy atom. The van der Waals surface area contributed by atoms with Gasteiger partial charge in [-0.25, -0.2) is 0 Å². The molecule has 0 aliphatic carbocycles. The van der Waals surface area contributed by atoms with E-state index in [1.165, 1.54) is 5.56 Å². The van der Waals surface area contributed by atoms with E-state index in [4.69, 9.17) is 5.73 Å². The van der Waals surface area contributed by atoms with Crippen molar-refractivity contribution >= 4 is 34.2 Å². The molecule has 1 aromatic rings. The highest BCUT2D eigenvalue weighted by atomic mass is 79.9. The van der Waals surface area contributed by atoms with E-state index in [9.17, 15) is 4.79 Å². The third kappa shape index (κ3) is 6.38. The molecule has 5 heteroatoms. The predicted octanol–water partition coefficient (Wildman–Crippen LogP) is 2.66. The van der Waals surface area contributed by atoms with E-state index in [1.54, 1.807) is 0 Å². The zero-order valence-corrected chi connectivity index (χ0v) is 13.1. The van der Waals surface area contributed by atoms with Crippen molar-refractivity contribution in [1.82, 2.24) is 5.32 Å². The Kier molecular flexibility index (Phi) is 7.52. The van der Waals surface area contributed by atoms with Gasteiger partial charge in [0.25, 0.3) is 0 Å². The molecule has 1 rings (SSSR count). The maximum atomic E-state index is 11.5. The van der Waals surface area contributed by atoms with Gasteiger partial charge in [0, 0.05) is 23.0 Å². The zero-order chi connectivity index (χ0) is 12.9. The zero-order valence-electron chi connectivity index (χ0n) is 10.7. The van der Waals surface area contributed by atoms with Crippen LogP contribution < -0.4 is 11.1 Å². The van der Waals surface area contributed by atoms with Gasteiger partial charge in [0.15, 0.2) is 0 Å². The number of hydrogen-bond donors (Lipinski definition) is 2. The first-order valence-corrected chi connectivity index (χ1v) is 6.48. The molecule has 0 radical (unpaired) electrons. The molecule has 0 aliphatic rings. The lowest BCUT2D eigenvalue weighted by Gasteiger charge is -2.26. The smallest absolute Gasteiger partial charge is 0.221 e. The van der Waals surface area contributed by atoms with Crippen LogP contribution in [0.2, 0.25) is 0 Å². The van der Waals surface area contributed by atoms with Crippen LogP contribution in [0.25, 0.3) is 0 Å². The Hall–Kier alpha value is -0.580. The van der Waals surface area contributed by atoms with Gasteiger partial charge >= 0.3 is 0 Å². The molecule has 0 spiro atoms. The van der Waals surface area contributed by atoms with Crippen molar-refractivity contribution < 1.29 is 4.79 Å². The molecule has 0 bridgehead atoms. The van der Waals surface area contributed by atoms with Gasteiger partial charge < -0.3 is 11.1 Å². The molecule has 0 saturated carbocycles. The molecule has 3 nitrogen and oxygen atoms in total. The van der Waals surface area contributed by atoms with Crippen LogP contribution in [0.15, 0.2) is 28.7 Å². The number of nitrogens with two attached hydrogens (primary N) is 1. The monoisotopic (exact) mass is 334 g/mol. The number of hydrogen-bond acceptors (Lipinski definition) is 2. The molecule has 102 valence electrons. The summed E-state index contributed by atoms with van der Waals surface area (Å²) in [5.41, 5.74) is 6.30. The number of rotatable bonds is 5. The first-order valence-electron chi connectivity index (χ1n) is 5.68. The molecule has 0 aromatic heterocycles. The summed E-state index contributed by atoms with van der Waals surface area (Å²) >= 11 is 3.40. The average Bonchev–Trinajstić information content (AvgIpc) is 2.20. The lowest BCUT2D eigenvalue weighted by Crippen LogP contribution is -2.45. The second-order valence-corrected chi connectivity index (χ2v) is 5.69. The molecular formula is C13H20BrClN2O. The first kappa shape index (κ1) is 17.4. The molecule has 0 heterocycles. The highest BCUT2D eigenvalue weighted by molar-refractivity contribution is 9.10. The van der Waals surface area contributed by atoms with E-state index in [0.29, 0.717) is 13.0 Å². The summed E-state index contributed by atoms with van der Waals surface area (Å²) in [5, 5.41) is 2.99. The first-order chi connectivity index (χ1) is 7.93. The van der Waals surface area contributed by atoms with Gasteiger partial charge in [0.1, 0.15) is 0 Å². The number of carbonyl (C=O) groups excluding carboxylic acids is 1. The number of carbonyl (C=O) groups is 1. The van der Waals surface area contributed by atoms with Crippen molar-refractivity contribution in [2.45, 2.75) is 32.2 Å². The van der Waals surface area contributed by atoms with E-state index < -0.39 is 0 Å². The highest BCUT2D eigenvalue weighted by Crippen LogP contribution is 2.16. The quantitative estimate of drug-likeness (QED) is 0.869. The molecule has 3 N–H and O–H groups in total. The van der Waals surface area contributed by atoms with E-state index in [2.05, 4.69) is 33.4 Å². The van der Waals surface area contributed by atoms with Gasteiger partial charge in [-0.3, -0.25) is 4.79 Å². The Morgan fingerprint density at radius 1 is 1.33 bits per heavy atom. The Labute approximate surface area is 123 Å². The number of halogens is 2.